The van der Waals surface area contributed by atoms with Crippen molar-refractivity contribution in [1.82, 2.24) is 4.90 Å². The van der Waals surface area contributed by atoms with Crippen LogP contribution in [0.3, 0.4) is 0 Å². The Morgan fingerprint density at radius 1 is 1.32 bits per heavy atom. The lowest BCUT2D eigenvalue weighted by molar-refractivity contribution is -0.168. The van der Waals surface area contributed by atoms with Crippen molar-refractivity contribution in [3.63, 3.8) is 0 Å². The maximum absolute atomic E-state index is 12.0. The maximum Gasteiger partial charge on any atom is 0.334 e. The number of amides is 1. The van der Waals surface area contributed by atoms with Crippen LogP contribution < -0.4 is 0 Å². The molecule has 6 heteroatoms. The summed E-state index contributed by atoms with van der Waals surface area (Å²) in [4.78, 5) is 24.5. The predicted octanol–water partition coefficient (Wildman–Crippen LogP) is 0.646. The highest BCUT2D eigenvalue weighted by molar-refractivity contribution is 5.79. The smallest absolute Gasteiger partial charge is 0.334 e. The summed E-state index contributed by atoms with van der Waals surface area (Å²) in [5.74, 6) is -1.17. The third kappa shape index (κ3) is 3.91. The second-order valence-corrected chi connectivity index (χ2v) is 5.29. The fourth-order valence-electron chi connectivity index (χ4n) is 2.63. The molecule has 1 aliphatic heterocycles. The van der Waals surface area contributed by atoms with Gasteiger partial charge in [0, 0.05) is 6.54 Å². The van der Waals surface area contributed by atoms with Crippen molar-refractivity contribution < 1.29 is 24.2 Å². The minimum absolute atomic E-state index is 0.0454. The Balaban J connectivity index is 1.81. The van der Waals surface area contributed by atoms with Gasteiger partial charge in [-0.3, -0.25) is 4.79 Å². The molecule has 1 aliphatic carbocycles. The van der Waals surface area contributed by atoms with Crippen molar-refractivity contribution in [1.29, 1.82) is 0 Å². The topological polar surface area (TPSA) is 76.1 Å². The van der Waals surface area contributed by atoms with Gasteiger partial charge < -0.3 is 19.5 Å². The lowest BCUT2D eigenvalue weighted by Gasteiger charge is -2.35. The highest BCUT2D eigenvalue weighted by atomic mass is 16.5. The standard InChI is InChI=1S/C13H21NO5/c1-9-6-14(7-11(19-9)13(16)17)12(15)8-18-10-4-2-3-5-10/h9-11H,2-8H2,1H3,(H,16,17)/t9-,11?/m1/s1. The van der Waals surface area contributed by atoms with Crippen LogP contribution in [-0.4, -0.2) is 59.9 Å². The Labute approximate surface area is 112 Å². The molecule has 1 saturated carbocycles. The second kappa shape index (κ2) is 6.34. The molecule has 2 atom stereocenters. The van der Waals surface area contributed by atoms with Gasteiger partial charge in [-0.05, 0) is 19.8 Å². The summed E-state index contributed by atoms with van der Waals surface area (Å²) >= 11 is 0. The van der Waals surface area contributed by atoms with E-state index in [1.807, 2.05) is 0 Å². The number of morpholine rings is 1. The summed E-state index contributed by atoms with van der Waals surface area (Å²) in [6.45, 7) is 2.35. The van der Waals surface area contributed by atoms with Gasteiger partial charge in [-0.15, -0.1) is 0 Å². The predicted molar refractivity (Wildman–Crippen MR) is 66.8 cm³/mol. The molecule has 0 aromatic heterocycles. The van der Waals surface area contributed by atoms with E-state index in [0.29, 0.717) is 6.54 Å². The highest BCUT2D eigenvalue weighted by Gasteiger charge is 2.32. The van der Waals surface area contributed by atoms with Gasteiger partial charge in [0.2, 0.25) is 5.91 Å². The molecule has 0 radical (unpaired) electrons. The molecule has 19 heavy (non-hydrogen) atoms. The lowest BCUT2D eigenvalue weighted by atomic mass is 10.2. The first-order valence-electron chi connectivity index (χ1n) is 6.84. The molecule has 2 aliphatic rings. The molecule has 2 fully saturated rings. The summed E-state index contributed by atoms with van der Waals surface area (Å²) in [5, 5.41) is 8.96. The van der Waals surface area contributed by atoms with Gasteiger partial charge in [-0.2, -0.15) is 0 Å². The van der Waals surface area contributed by atoms with E-state index in [9.17, 15) is 9.59 Å². The monoisotopic (exact) mass is 271 g/mol. The largest absolute Gasteiger partial charge is 0.479 e. The molecule has 1 heterocycles. The van der Waals surface area contributed by atoms with Crippen LogP contribution in [0.5, 0.6) is 0 Å². The van der Waals surface area contributed by atoms with Crippen LogP contribution in [0.4, 0.5) is 0 Å². The third-order valence-corrected chi connectivity index (χ3v) is 3.63. The number of aliphatic carboxylic acids is 1. The average molecular weight is 271 g/mol. The van der Waals surface area contributed by atoms with E-state index in [1.165, 1.54) is 4.90 Å². The summed E-state index contributed by atoms with van der Waals surface area (Å²) < 4.78 is 10.8. The average Bonchev–Trinajstić information content (AvgIpc) is 2.88. The first kappa shape index (κ1) is 14.3. The van der Waals surface area contributed by atoms with Crippen molar-refractivity contribution in [2.75, 3.05) is 19.7 Å². The first-order valence-corrected chi connectivity index (χ1v) is 6.84. The van der Waals surface area contributed by atoms with E-state index in [-0.39, 0.29) is 31.3 Å². The fraction of sp³-hybridized carbons (Fsp3) is 0.846. The van der Waals surface area contributed by atoms with E-state index in [4.69, 9.17) is 14.6 Å². The van der Waals surface area contributed by atoms with Crippen LogP contribution in [0.25, 0.3) is 0 Å². The van der Waals surface area contributed by atoms with Crippen molar-refractivity contribution in [2.45, 2.75) is 50.9 Å². The Bertz CT molecular complexity index is 340. The van der Waals surface area contributed by atoms with Gasteiger partial charge in [0.05, 0.1) is 18.8 Å². The van der Waals surface area contributed by atoms with Crippen molar-refractivity contribution in [2.24, 2.45) is 0 Å². The van der Waals surface area contributed by atoms with E-state index in [0.717, 1.165) is 25.7 Å². The normalized spacial score (nSPS) is 28.6. The zero-order chi connectivity index (χ0) is 13.8. The lowest BCUT2D eigenvalue weighted by Crippen LogP contribution is -2.52. The van der Waals surface area contributed by atoms with Crippen LogP contribution >= 0.6 is 0 Å². The minimum atomic E-state index is -1.03. The number of carbonyl (C=O) groups is 2. The fourth-order valence-corrected chi connectivity index (χ4v) is 2.63. The maximum atomic E-state index is 12.0. The van der Waals surface area contributed by atoms with Gasteiger partial charge in [0.1, 0.15) is 6.61 Å². The molecule has 0 aromatic carbocycles. The molecule has 1 unspecified atom stereocenters. The van der Waals surface area contributed by atoms with Crippen molar-refractivity contribution in [3.05, 3.63) is 0 Å². The quantitative estimate of drug-likeness (QED) is 0.812. The SMILES string of the molecule is C[C@@H]1CN(C(=O)COC2CCCC2)CC(C(=O)O)O1. The number of carboxylic acid groups (broad SMARTS) is 1. The van der Waals surface area contributed by atoms with E-state index < -0.39 is 12.1 Å². The zero-order valence-electron chi connectivity index (χ0n) is 11.2. The summed E-state index contributed by atoms with van der Waals surface area (Å²) in [6, 6.07) is 0. The molecule has 6 nitrogen and oxygen atoms in total. The Morgan fingerprint density at radius 2 is 2.00 bits per heavy atom. The minimum Gasteiger partial charge on any atom is -0.479 e. The number of rotatable bonds is 4. The first-order chi connectivity index (χ1) is 9.06. The molecule has 0 spiro atoms. The highest BCUT2D eigenvalue weighted by Crippen LogP contribution is 2.21. The Hall–Kier alpha value is -1.14. The van der Waals surface area contributed by atoms with Crippen LogP contribution in [0.1, 0.15) is 32.6 Å². The van der Waals surface area contributed by atoms with Crippen LogP contribution in [0, 0.1) is 0 Å². The molecule has 1 N–H and O–H groups in total. The van der Waals surface area contributed by atoms with Crippen LogP contribution in [-0.2, 0) is 19.1 Å². The molecule has 108 valence electrons. The van der Waals surface area contributed by atoms with Gasteiger partial charge in [-0.25, -0.2) is 4.79 Å². The zero-order valence-corrected chi connectivity index (χ0v) is 11.2. The summed E-state index contributed by atoms with van der Waals surface area (Å²) in [7, 11) is 0. The molecule has 0 bridgehead atoms. The summed E-state index contributed by atoms with van der Waals surface area (Å²) in [6.07, 6.45) is 3.36. The van der Waals surface area contributed by atoms with Crippen molar-refractivity contribution >= 4 is 11.9 Å². The summed E-state index contributed by atoms with van der Waals surface area (Å²) in [5.41, 5.74) is 0. The van der Waals surface area contributed by atoms with Gasteiger partial charge in [0.25, 0.3) is 0 Å². The van der Waals surface area contributed by atoms with Crippen LogP contribution in [0.2, 0.25) is 0 Å². The molecule has 0 aromatic rings. The van der Waals surface area contributed by atoms with E-state index in [1.54, 1.807) is 6.92 Å². The Morgan fingerprint density at radius 3 is 2.63 bits per heavy atom. The number of hydrogen-bond donors (Lipinski definition) is 1. The molecule has 1 saturated heterocycles. The van der Waals surface area contributed by atoms with E-state index in [2.05, 4.69) is 0 Å². The Kier molecular flexibility index (Phi) is 4.76. The number of carbonyl (C=O) groups excluding carboxylic acids is 1. The van der Waals surface area contributed by atoms with Gasteiger partial charge in [0.15, 0.2) is 6.10 Å². The molecular formula is C13H21NO5. The molecule has 2 rings (SSSR count). The number of carboxylic acids is 1. The number of hydrogen-bond acceptors (Lipinski definition) is 4. The molecular weight excluding hydrogens is 250 g/mol. The van der Waals surface area contributed by atoms with Crippen molar-refractivity contribution in [3.8, 4) is 0 Å². The van der Waals surface area contributed by atoms with Gasteiger partial charge >= 0.3 is 5.97 Å². The van der Waals surface area contributed by atoms with E-state index >= 15 is 0 Å². The van der Waals surface area contributed by atoms with Crippen LogP contribution in [0.15, 0.2) is 0 Å². The third-order valence-electron chi connectivity index (χ3n) is 3.63. The number of ether oxygens (including phenoxy) is 2. The number of nitrogens with zero attached hydrogens (tertiary/aromatic N) is 1. The van der Waals surface area contributed by atoms with Gasteiger partial charge in [-0.1, -0.05) is 12.8 Å². The second-order valence-electron chi connectivity index (χ2n) is 5.29. The molecule has 1 amide bonds.